The van der Waals surface area contributed by atoms with Crippen molar-refractivity contribution in [3.05, 3.63) is 28.3 Å². The molecule has 4 heteroatoms. The second-order valence-electron chi connectivity index (χ2n) is 6.27. The van der Waals surface area contributed by atoms with Gasteiger partial charge in [0, 0.05) is 5.02 Å². The lowest BCUT2D eigenvalue weighted by Crippen LogP contribution is -2.49. The number of hydrogen-bond acceptors (Lipinski definition) is 2. The Kier molecular flexibility index (Phi) is 4.01. The first kappa shape index (κ1) is 14.9. The van der Waals surface area contributed by atoms with Gasteiger partial charge in [-0.25, -0.2) is 0 Å². The van der Waals surface area contributed by atoms with Crippen LogP contribution in [0.3, 0.4) is 0 Å². The van der Waals surface area contributed by atoms with Crippen molar-refractivity contribution in [1.82, 2.24) is 0 Å². The summed E-state index contributed by atoms with van der Waals surface area (Å²) in [6.07, 6.45) is 3.34. The van der Waals surface area contributed by atoms with Crippen LogP contribution < -0.4 is 5.46 Å². The average molecular weight is 280 g/mol. The number of hydrogen-bond donors (Lipinski definition) is 1. The van der Waals surface area contributed by atoms with E-state index < -0.39 is 11.2 Å². The van der Waals surface area contributed by atoms with Crippen LogP contribution in [0.25, 0.3) is 0 Å². The Hall–Kier alpha value is -0.505. The van der Waals surface area contributed by atoms with Crippen LogP contribution in [0.1, 0.15) is 45.2 Å². The number of aryl methyl sites for hydroxylation is 1. The maximum atomic E-state index is 10.1. The van der Waals surface area contributed by atoms with Gasteiger partial charge in [-0.05, 0) is 63.5 Å². The van der Waals surface area contributed by atoms with Gasteiger partial charge in [0.1, 0.15) is 0 Å². The molecule has 1 aliphatic rings. The number of fused-ring (bicyclic) bond motifs is 1. The Bertz CT molecular complexity index is 478. The molecule has 1 radical (unpaired) electrons. The molecule has 0 saturated heterocycles. The second kappa shape index (κ2) is 5.12. The van der Waals surface area contributed by atoms with Crippen molar-refractivity contribution in [2.24, 2.45) is 0 Å². The van der Waals surface area contributed by atoms with Crippen molar-refractivity contribution in [3.63, 3.8) is 0 Å². The van der Waals surface area contributed by atoms with Crippen LogP contribution in [0.15, 0.2) is 12.1 Å². The molecule has 0 spiro atoms. The first-order valence-electron chi connectivity index (χ1n) is 6.76. The molecule has 1 aromatic carbocycles. The Morgan fingerprint density at radius 2 is 1.89 bits per heavy atom. The van der Waals surface area contributed by atoms with E-state index in [2.05, 4.69) is 6.07 Å². The summed E-state index contributed by atoms with van der Waals surface area (Å²) in [7, 11) is 1.67. The third-order valence-corrected chi connectivity index (χ3v) is 4.64. The van der Waals surface area contributed by atoms with Crippen molar-refractivity contribution in [3.8, 4) is 0 Å². The van der Waals surface area contributed by atoms with E-state index in [9.17, 15) is 5.11 Å². The van der Waals surface area contributed by atoms with Crippen LogP contribution in [0.2, 0.25) is 5.02 Å². The molecule has 0 unspecified atom stereocenters. The van der Waals surface area contributed by atoms with Gasteiger partial charge >= 0.3 is 7.48 Å². The number of benzene rings is 1. The number of halogens is 1. The summed E-state index contributed by atoms with van der Waals surface area (Å²) >= 11 is 6.42. The molecule has 2 rings (SSSR count). The molecule has 0 fully saturated rings. The smallest absolute Gasteiger partial charge is 0.332 e. The monoisotopic (exact) mass is 279 g/mol. The van der Waals surface area contributed by atoms with Crippen molar-refractivity contribution in [2.75, 3.05) is 0 Å². The molecule has 0 amide bonds. The van der Waals surface area contributed by atoms with Gasteiger partial charge in [-0.1, -0.05) is 23.7 Å². The van der Waals surface area contributed by atoms with Gasteiger partial charge < -0.3 is 9.76 Å². The molecule has 19 heavy (non-hydrogen) atoms. The highest BCUT2D eigenvalue weighted by Gasteiger charge is 2.36. The third kappa shape index (κ3) is 2.99. The number of aliphatic hydroxyl groups is 1. The maximum absolute atomic E-state index is 10.1. The molecule has 1 aromatic rings. The van der Waals surface area contributed by atoms with E-state index in [1.54, 1.807) is 21.3 Å². The zero-order chi connectivity index (χ0) is 14.3. The van der Waals surface area contributed by atoms with Gasteiger partial charge in [-0.15, -0.1) is 0 Å². The zero-order valence-electron chi connectivity index (χ0n) is 12.1. The van der Waals surface area contributed by atoms with Crippen LogP contribution >= 0.6 is 11.6 Å². The summed E-state index contributed by atoms with van der Waals surface area (Å²) in [6.45, 7) is 7.21. The topological polar surface area (TPSA) is 29.5 Å². The fourth-order valence-electron chi connectivity index (χ4n) is 2.09. The van der Waals surface area contributed by atoms with Crippen LogP contribution in [0.4, 0.5) is 0 Å². The summed E-state index contributed by atoms with van der Waals surface area (Å²) in [5.41, 5.74) is 1.89. The van der Waals surface area contributed by atoms with E-state index in [1.807, 2.05) is 19.9 Å². The molecular formula is C15H21BClO2. The predicted octanol–water partition coefficient (Wildman–Crippen LogP) is 2.64. The Morgan fingerprint density at radius 3 is 2.53 bits per heavy atom. The molecule has 0 aromatic heterocycles. The Morgan fingerprint density at radius 1 is 1.21 bits per heavy atom. The molecule has 0 aliphatic heterocycles. The molecule has 0 heterocycles. The lowest BCUT2D eigenvalue weighted by molar-refractivity contribution is -0.0893. The highest BCUT2D eigenvalue weighted by atomic mass is 35.5. The largest absolute Gasteiger partial charge is 0.427 e. The second-order valence-corrected chi connectivity index (χ2v) is 6.64. The van der Waals surface area contributed by atoms with E-state index in [-0.39, 0.29) is 0 Å². The van der Waals surface area contributed by atoms with Gasteiger partial charge in [0.2, 0.25) is 0 Å². The van der Waals surface area contributed by atoms with Gasteiger partial charge in [-0.2, -0.15) is 0 Å². The third-order valence-electron chi connectivity index (χ3n) is 4.20. The molecular weight excluding hydrogens is 258 g/mol. The molecule has 1 N–H and O–H groups in total. The van der Waals surface area contributed by atoms with Crippen molar-refractivity contribution in [1.29, 1.82) is 0 Å². The predicted molar refractivity (Wildman–Crippen MR) is 80.3 cm³/mol. The van der Waals surface area contributed by atoms with E-state index in [0.29, 0.717) is 0 Å². The summed E-state index contributed by atoms with van der Waals surface area (Å²) < 4.78 is 5.76. The lowest BCUT2D eigenvalue weighted by atomic mass is 9.81. The first-order chi connectivity index (χ1) is 8.72. The van der Waals surface area contributed by atoms with E-state index in [1.165, 1.54) is 17.5 Å². The summed E-state index contributed by atoms with van der Waals surface area (Å²) in [6, 6.07) is 4.12. The normalized spacial score (nSPS) is 15.5. The minimum absolute atomic E-state index is 0.671. The standard InChI is InChI=1S/C15H21BClO2/c1-14(2,18)15(3,4)19-16-12-9-8-10-6-5-7-11(10)13(12)17/h8-9,18H,5-7H2,1-4H3. The van der Waals surface area contributed by atoms with Crippen LogP contribution in [-0.4, -0.2) is 23.8 Å². The van der Waals surface area contributed by atoms with Gasteiger partial charge in [0.05, 0.1) is 11.2 Å². The van der Waals surface area contributed by atoms with E-state index in [4.69, 9.17) is 16.3 Å². The van der Waals surface area contributed by atoms with Crippen molar-refractivity contribution in [2.45, 2.75) is 58.2 Å². The molecule has 0 bridgehead atoms. The van der Waals surface area contributed by atoms with Crippen molar-refractivity contribution < 1.29 is 9.76 Å². The minimum Gasteiger partial charge on any atom is -0.427 e. The summed E-state index contributed by atoms with van der Waals surface area (Å²) in [5.74, 6) is 0. The average Bonchev–Trinajstić information content (AvgIpc) is 2.75. The van der Waals surface area contributed by atoms with E-state index >= 15 is 0 Å². The first-order valence-corrected chi connectivity index (χ1v) is 7.14. The maximum Gasteiger partial charge on any atom is 0.332 e. The van der Waals surface area contributed by atoms with E-state index in [0.717, 1.165) is 23.3 Å². The Balaban J connectivity index is 2.13. The molecule has 0 saturated carbocycles. The van der Waals surface area contributed by atoms with Crippen LogP contribution in [-0.2, 0) is 17.5 Å². The summed E-state index contributed by atoms with van der Waals surface area (Å²) in [5, 5.41) is 10.9. The highest BCUT2D eigenvalue weighted by molar-refractivity contribution is 6.54. The van der Waals surface area contributed by atoms with Crippen LogP contribution in [0.5, 0.6) is 0 Å². The molecule has 1 aliphatic carbocycles. The minimum atomic E-state index is -0.924. The molecule has 2 nitrogen and oxygen atoms in total. The van der Waals surface area contributed by atoms with Gasteiger partial charge in [0.15, 0.2) is 0 Å². The Labute approximate surface area is 121 Å². The van der Waals surface area contributed by atoms with Gasteiger partial charge in [0.25, 0.3) is 0 Å². The van der Waals surface area contributed by atoms with Crippen molar-refractivity contribution >= 4 is 24.5 Å². The van der Waals surface area contributed by atoms with Crippen LogP contribution in [0, 0.1) is 0 Å². The molecule has 0 atom stereocenters. The SMILES string of the molecule is CC(C)(O)C(C)(C)O[B]c1ccc2c(c1Cl)CCC2. The highest BCUT2D eigenvalue weighted by Crippen LogP contribution is 2.28. The lowest BCUT2D eigenvalue weighted by Gasteiger charge is -2.37. The fourth-order valence-corrected chi connectivity index (χ4v) is 2.41. The molecule has 103 valence electrons. The van der Waals surface area contributed by atoms with Gasteiger partial charge in [-0.3, -0.25) is 0 Å². The zero-order valence-corrected chi connectivity index (χ0v) is 12.8. The fraction of sp³-hybridized carbons (Fsp3) is 0.600. The number of rotatable bonds is 4. The summed E-state index contributed by atoms with van der Waals surface area (Å²) in [4.78, 5) is 0. The quantitative estimate of drug-likeness (QED) is 0.859.